The molecule has 134 valence electrons. The predicted octanol–water partition coefficient (Wildman–Crippen LogP) is 3.76. The molecule has 3 rings (SSSR count). The van der Waals surface area contributed by atoms with Gasteiger partial charge in [-0.3, -0.25) is 0 Å². The number of rotatable bonds is 8. The largest absolute Gasteiger partial charge is 0.491 e. The fourth-order valence-corrected chi connectivity index (χ4v) is 3.34. The number of hydrogen-bond acceptors (Lipinski definition) is 4. The van der Waals surface area contributed by atoms with Gasteiger partial charge in [0.2, 0.25) is 0 Å². The van der Waals surface area contributed by atoms with Crippen molar-refractivity contribution in [3.05, 3.63) is 35.0 Å². The molecular weight excluding hydrogens is 338 g/mol. The van der Waals surface area contributed by atoms with Crippen molar-refractivity contribution in [3.8, 4) is 5.75 Å². The van der Waals surface area contributed by atoms with Crippen LogP contribution in [0.3, 0.4) is 0 Å². The van der Waals surface area contributed by atoms with Gasteiger partial charge in [-0.2, -0.15) is 0 Å². The summed E-state index contributed by atoms with van der Waals surface area (Å²) < 4.78 is 6.00. The zero-order chi connectivity index (χ0) is 17.8. The summed E-state index contributed by atoms with van der Waals surface area (Å²) in [5.74, 6) is 0.792. The molecule has 0 unspecified atom stereocenters. The van der Waals surface area contributed by atoms with Crippen molar-refractivity contribution >= 4 is 33.5 Å². The highest BCUT2D eigenvalue weighted by Crippen LogP contribution is 2.36. The number of halogens is 1. The quantitative estimate of drug-likeness (QED) is 0.600. The number of aromatic amines is 1. The predicted molar refractivity (Wildman–Crippen MR) is 103 cm³/mol. The zero-order valence-electron chi connectivity index (χ0n) is 14.7. The molecule has 0 saturated carbocycles. The number of hydrogen-bond donors (Lipinski definition) is 2. The number of aliphatic hydroxyl groups excluding tert-OH is 1. The van der Waals surface area contributed by atoms with Gasteiger partial charge in [0.25, 0.3) is 0 Å². The van der Waals surface area contributed by atoms with E-state index in [1.54, 1.807) is 0 Å². The van der Waals surface area contributed by atoms with Crippen molar-refractivity contribution in [2.24, 2.45) is 0 Å². The number of nitrogens with one attached hydrogen (secondary N) is 1. The van der Waals surface area contributed by atoms with E-state index in [9.17, 15) is 0 Å². The van der Waals surface area contributed by atoms with Gasteiger partial charge in [0.1, 0.15) is 11.4 Å². The number of likely N-dealkylation sites (N-methyl/N-ethyl adjacent to an activating group) is 1. The first kappa shape index (κ1) is 18.0. The third kappa shape index (κ3) is 3.89. The van der Waals surface area contributed by atoms with Crippen LogP contribution in [0.2, 0.25) is 5.02 Å². The van der Waals surface area contributed by atoms with Gasteiger partial charge in [-0.15, -0.1) is 0 Å². The van der Waals surface area contributed by atoms with Gasteiger partial charge in [-0.25, -0.2) is 4.98 Å². The molecule has 2 aromatic heterocycles. The van der Waals surface area contributed by atoms with Crippen LogP contribution < -0.4 is 4.74 Å². The second-order valence-corrected chi connectivity index (χ2v) is 6.60. The number of aliphatic hydroxyl groups is 1. The zero-order valence-corrected chi connectivity index (χ0v) is 15.4. The van der Waals surface area contributed by atoms with Crippen molar-refractivity contribution in [1.82, 2.24) is 14.9 Å². The van der Waals surface area contributed by atoms with Crippen molar-refractivity contribution in [1.29, 1.82) is 0 Å². The Morgan fingerprint density at radius 3 is 2.92 bits per heavy atom. The van der Waals surface area contributed by atoms with Gasteiger partial charge >= 0.3 is 0 Å². The van der Waals surface area contributed by atoms with E-state index in [0.29, 0.717) is 18.2 Å². The second-order valence-electron chi connectivity index (χ2n) is 6.19. The lowest BCUT2D eigenvalue weighted by Crippen LogP contribution is -2.28. The van der Waals surface area contributed by atoms with Crippen molar-refractivity contribution < 1.29 is 9.84 Å². The van der Waals surface area contributed by atoms with Crippen LogP contribution in [0.4, 0.5) is 0 Å². The summed E-state index contributed by atoms with van der Waals surface area (Å²) in [6.07, 6.45) is 2.74. The standard InChI is InChI=1S/C19H24ClN3O2/c1-3-23(8-9-24)7-4-10-25-16-6-5-15(20)17-14-11-13(2)12-21-19(14)22-18(16)17/h5-6,11-12,24H,3-4,7-10H2,1-2H3,(H,21,22). The fraction of sp³-hybridized carbons (Fsp3) is 0.421. The lowest BCUT2D eigenvalue weighted by molar-refractivity contribution is 0.189. The molecule has 0 saturated heterocycles. The Balaban J connectivity index is 1.78. The maximum atomic E-state index is 9.04. The number of nitrogens with zero attached hydrogens (tertiary/aromatic N) is 2. The Morgan fingerprint density at radius 1 is 1.32 bits per heavy atom. The van der Waals surface area contributed by atoms with E-state index in [-0.39, 0.29) is 6.61 Å². The molecular formula is C19H24ClN3O2. The van der Waals surface area contributed by atoms with E-state index in [4.69, 9.17) is 21.4 Å². The van der Waals surface area contributed by atoms with Gasteiger partial charge in [0.05, 0.1) is 23.8 Å². The topological polar surface area (TPSA) is 61.4 Å². The lowest BCUT2D eigenvalue weighted by atomic mass is 10.1. The van der Waals surface area contributed by atoms with Gasteiger partial charge in [-0.05, 0) is 43.7 Å². The van der Waals surface area contributed by atoms with E-state index >= 15 is 0 Å². The van der Waals surface area contributed by atoms with Crippen molar-refractivity contribution in [2.45, 2.75) is 20.3 Å². The number of aryl methyl sites for hydroxylation is 1. The number of benzene rings is 1. The normalized spacial score (nSPS) is 11.7. The molecule has 1 aromatic carbocycles. The molecule has 0 aliphatic rings. The highest BCUT2D eigenvalue weighted by atomic mass is 35.5. The van der Waals surface area contributed by atoms with Crippen molar-refractivity contribution in [2.75, 3.05) is 32.8 Å². The highest BCUT2D eigenvalue weighted by molar-refractivity contribution is 6.38. The lowest BCUT2D eigenvalue weighted by Gasteiger charge is -2.18. The summed E-state index contributed by atoms with van der Waals surface area (Å²) in [4.78, 5) is 9.99. The number of aromatic nitrogens is 2. The highest BCUT2D eigenvalue weighted by Gasteiger charge is 2.13. The van der Waals surface area contributed by atoms with Crippen LogP contribution in [0.1, 0.15) is 18.9 Å². The van der Waals surface area contributed by atoms with Crippen LogP contribution in [0.25, 0.3) is 21.9 Å². The monoisotopic (exact) mass is 361 g/mol. The molecule has 0 atom stereocenters. The molecule has 0 aliphatic carbocycles. The Labute approximate surface area is 152 Å². The average molecular weight is 362 g/mol. The van der Waals surface area contributed by atoms with Crippen LogP contribution in [-0.4, -0.2) is 52.8 Å². The molecule has 0 radical (unpaired) electrons. The summed E-state index contributed by atoms with van der Waals surface area (Å²) in [5, 5.41) is 11.7. The molecule has 0 aliphatic heterocycles. The molecule has 0 fully saturated rings. The van der Waals surface area contributed by atoms with Crippen LogP contribution in [0.5, 0.6) is 5.75 Å². The van der Waals surface area contributed by atoms with Gasteiger partial charge in [0.15, 0.2) is 0 Å². The molecule has 25 heavy (non-hydrogen) atoms. The van der Waals surface area contributed by atoms with E-state index in [2.05, 4.69) is 27.9 Å². The van der Waals surface area contributed by atoms with E-state index in [1.807, 2.05) is 25.3 Å². The van der Waals surface area contributed by atoms with Crippen molar-refractivity contribution in [3.63, 3.8) is 0 Å². The molecule has 2 heterocycles. The summed E-state index contributed by atoms with van der Waals surface area (Å²) in [7, 11) is 0. The summed E-state index contributed by atoms with van der Waals surface area (Å²) in [6, 6.07) is 5.86. The Morgan fingerprint density at radius 2 is 2.16 bits per heavy atom. The summed E-state index contributed by atoms with van der Waals surface area (Å²) in [6.45, 7) is 7.45. The molecule has 0 spiro atoms. The SMILES string of the molecule is CCN(CCO)CCCOc1ccc(Cl)c2c1[nH]c1ncc(C)cc12. The smallest absolute Gasteiger partial charge is 0.143 e. The minimum atomic E-state index is 0.188. The van der Waals surface area contributed by atoms with Gasteiger partial charge < -0.3 is 19.7 Å². The average Bonchev–Trinajstić information content (AvgIpc) is 2.99. The Bertz CT molecular complexity index is 863. The number of ether oxygens (including phenoxy) is 1. The second kappa shape index (κ2) is 8.04. The maximum Gasteiger partial charge on any atom is 0.143 e. The first-order chi connectivity index (χ1) is 12.1. The third-order valence-corrected chi connectivity index (χ3v) is 4.71. The minimum Gasteiger partial charge on any atom is -0.491 e. The molecule has 3 aromatic rings. The first-order valence-corrected chi connectivity index (χ1v) is 9.04. The van der Waals surface area contributed by atoms with Crippen LogP contribution in [-0.2, 0) is 0 Å². The van der Waals surface area contributed by atoms with Gasteiger partial charge in [-0.1, -0.05) is 18.5 Å². The fourth-order valence-electron chi connectivity index (χ4n) is 3.08. The first-order valence-electron chi connectivity index (χ1n) is 8.66. The van der Waals surface area contributed by atoms with E-state index < -0.39 is 0 Å². The van der Waals surface area contributed by atoms with Gasteiger partial charge in [0, 0.05) is 30.1 Å². The number of pyridine rings is 1. The molecule has 2 N–H and O–H groups in total. The molecule has 5 nitrogen and oxygen atoms in total. The molecule has 0 bridgehead atoms. The summed E-state index contributed by atoms with van der Waals surface area (Å²) >= 11 is 6.42. The van der Waals surface area contributed by atoms with E-state index in [0.717, 1.165) is 52.8 Å². The molecule has 0 amide bonds. The number of fused-ring (bicyclic) bond motifs is 3. The minimum absolute atomic E-state index is 0.188. The maximum absolute atomic E-state index is 9.04. The Kier molecular flexibility index (Phi) is 5.78. The summed E-state index contributed by atoms with van der Waals surface area (Å²) in [5.41, 5.74) is 2.81. The molecule has 6 heteroatoms. The number of H-pyrrole nitrogens is 1. The van der Waals surface area contributed by atoms with E-state index in [1.165, 1.54) is 0 Å². The Hall–Kier alpha value is -1.82. The van der Waals surface area contributed by atoms with Crippen LogP contribution in [0.15, 0.2) is 24.4 Å². The van der Waals surface area contributed by atoms with Crippen LogP contribution >= 0.6 is 11.6 Å². The van der Waals surface area contributed by atoms with Crippen LogP contribution in [0, 0.1) is 6.92 Å². The third-order valence-electron chi connectivity index (χ3n) is 4.39.